The van der Waals surface area contributed by atoms with Gasteiger partial charge in [0.15, 0.2) is 6.54 Å². The Morgan fingerprint density at radius 3 is 2.50 bits per heavy atom. The summed E-state index contributed by atoms with van der Waals surface area (Å²) in [6.07, 6.45) is 4.38. The van der Waals surface area contributed by atoms with E-state index in [1.807, 2.05) is 0 Å². The van der Waals surface area contributed by atoms with Gasteiger partial charge >= 0.3 is 6.03 Å². The van der Waals surface area contributed by atoms with Gasteiger partial charge in [-0.3, -0.25) is 10.1 Å². The van der Waals surface area contributed by atoms with E-state index in [0.29, 0.717) is 19.8 Å². The molecule has 1 saturated heterocycles. The Labute approximate surface area is 107 Å². The molecule has 0 aromatic carbocycles. The van der Waals surface area contributed by atoms with Crippen LogP contribution in [0.5, 0.6) is 0 Å². The van der Waals surface area contributed by atoms with E-state index in [1.165, 1.54) is 4.90 Å². The highest BCUT2D eigenvalue weighted by Crippen LogP contribution is 2.17. The fourth-order valence-electron chi connectivity index (χ4n) is 2.53. The Morgan fingerprint density at radius 1 is 1.17 bits per heavy atom. The molecule has 6 nitrogen and oxygen atoms in total. The van der Waals surface area contributed by atoms with Gasteiger partial charge in [0, 0.05) is 6.04 Å². The maximum absolute atomic E-state index is 11.7. The molecular weight excluding hydrogens is 234 g/mol. The fraction of sp³-hybridized carbons (Fsp3) is 0.833. The molecular formula is C12H22N3O3+. The lowest BCUT2D eigenvalue weighted by Gasteiger charge is -2.23. The summed E-state index contributed by atoms with van der Waals surface area (Å²) < 4.78 is 5.22. The van der Waals surface area contributed by atoms with Gasteiger partial charge in [-0.15, -0.1) is 0 Å². The number of amides is 3. The number of hydrogen-bond acceptors (Lipinski definition) is 3. The molecule has 18 heavy (non-hydrogen) atoms. The topological polar surface area (TPSA) is 71.9 Å². The van der Waals surface area contributed by atoms with Crippen LogP contribution in [0.15, 0.2) is 0 Å². The van der Waals surface area contributed by atoms with Gasteiger partial charge in [0.2, 0.25) is 0 Å². The van der Waals surface area contributed by atoms with E-state index in [4.69, 9.17) is 4.74 Å². The minimum absolute atomic E-state index is 0.206. The monoisotopic (exact) mass is 256 g/mol. The zero-order valence-electron chi connectivity index (χ0n) is 10.7. The van der Waals surface area contributed by atoms with Crippen molar-refractivity contribution >= 4 is 11.9 Å². The van der Waals surface area contributed by atoms with Crippen LogP contribution in [0.4, 0.5) is 4.79 Å². The number of hydrogen-bond donors (Lipinski definition) is 3. The zero-order chi connectivity index (χ0) is 12.8. The van der Waals surface area contributed by atoms with E-state index in [9.17, 15) is 9.59 Å². The highest BCUT2D eigenvalue weighted by molar-refractivity contribution is 5.94. The van der Waals surface area contributed by atoms with Crippen LogP contribution < -0.4 is 15.5 Å². The summed E-state index contributed by atoms with van der Waals surface area (Å²) in [5.41, 5.74) is 0. The van der Waals surface area contributed by atoms with Crippen molar-refractivity contribution in [3.8, 4) is 0 Å². The van der Waals surface area contributed by atoms with Crippen LogP contribution in [0.25, 0.3) is 0 Å². The van der Waals surface area contributed by atoms with E-state index >= 15 is 0 Å². The van der Waals surface area contributed by atoms with Crippen molar-refractivity contribution in [2.75, 3.05) is 32.8 Å². The molecule has 2 rings (SSSR count). The third-order valence-corrected chi connectivity index (χ3v) is 3.55. The van der Waals surface area contributed by atoms with Crippen molar-refractivity contribution in [2.45, 2.75) is 31.7 Å². The van der Waals surface area contributed by atoms with Crippen LogP contribution in [0.2, 0.25) is 0 Å². The molecule has 0 aromatic rings. The van der Waals surface area contributed by atoms with Crippen molar-refractivity contribution in [1.29, 1.82) is 0 Å². The lowest BCUT2D eigenvalue weighted by atomic mass is 10.2. The number of urea groups is 1. The molecule has 0 aromatic heterocycles. The molecule has 2 aliphatic rings. The number of imide groups is 1. The summed E-state index contributed by atoms with van der Waals surface area (Å²) in [7, 11) is 0. The highest BCUT2D eigenvalue weighted by atomic mass is 16.5. The first-order valence-corrected chi connectivity index (χ1v) is 6.75. The van der Waals surface area contributed by atoms with Crippen molar-refractivity contribution in [3.05, 3.63) is 0 Å². The number of carbonyl (C=O) groups is 2. The third-order valence-electron chi connectivity index (χ3n) is 3.55. The van der Waals surface area contributed by atoms with Crippen LogP contribution in [0.1, 0.15) is 25.7 Å². The third kappa shape index (κ3) is 4.27. The second kappa shape index (κ2) is 6.70. The summed E-state index contributed by atoms with van der Waals surface area (Å²) in [4.78, 5) is 24.4. The van der Waals surface area contributed by atoms with Crippen molar-refractivity contribution in [2.24, 2.45) is 0 Å². The number of ether oxygens (including phenoxy) is 1. The number of quaternary nitrogens is 1. The lowest BCUT2D eigenvalue weighted by molar-refractivity contribution is -0.900. The maximum Gasteiger partial charge on any atom is 0.321 e. The summed E-state index contributed by atoms with van der Waals surface area (Å²) in [6, 6.07) is -0.104. The molecule has 0 radical (unpaired) electrons. The van der Waals surface area contributed by atoms with Gasteiger partial charge in [-0.05, 0) is 12.8 Å². The molecule has 2 fully saturated rings. The minimum atomic E-state index is -0.348. The van der Waals surface area contributed by atoms with Gasteiger partial charge in [-0.2, -0.15) is 0 Å². The lowest BCUT2D eigenvalue weighted by Crippen LogP contribution is -3.15. The largest absolute Gasteiger partial charge is 0.370 e. The van der Waals surface area contributed by atoms with Crippen molar-refractivity contribution in [1.82, 2.24) is 10.6 Å². The van der Waals surface area contributed by atoms with Gasteiger partial charge in [-0.25, -0.2) is 4.79 Å². The van der Waals surface area contributed by atoms with E-state index in [1.54, 1.807) is 0 Å². The summed E-state index contributed by atoms with van der Waals surface area (Å²) >= 11 is 0. The molecule has 0 spiro atoms. The highest BCUT2D eigenvalue weighted by Gasteiger charge is 2.21. The Kier molecular flexibility index (Phi) is 4.95. The van der Waals surface area contributed by atoms with Gasteiger partial charge in [-0.1, -0.05) is 12.8 Å². The minimum Gasteiger partial charge on any atom is -0.370 e. The second-order valence-corrected chi connectivity index (χ2v) is 5.04. The standard InChI is InChI=1S/C12H21N3O3/c16-11(9-15-5-7-18-8-6-15)14-12(17)13-10-3-1-2-4-10/h10H,1-9H2,(H2,13,14,16,17)/p+1. The molecule has 0 unspecified atom stereocenters. The second-order valence-electron chi connectivity index (χ2n) is 5.04. The first-order chi connectivity index (χ1) is 8.74. The molecule has 3 amide bonds. The molecule has 102 valence electrons. The van der Waals surface area contributed by atoms with E-state index in [0.717, 1.165) is 38.8 Å². The Bertz CT molecular complexity index is 297. The van der Waals surface area contributed by atoms with Gasteiger partial charge < -0.3 is 15.0 Å². The Hall–Kier alpha value is -1.14. The normalized spacial score (nSPS) is 21.8. The molecule has 1 aliphatic carbocycles. The first kappa shape index (κ1) is 13.3. The summed E-state index contributed by atoms with van der Waals surface area (Å²) in [5.74, 6) is -0.206. The summed E-state index contributed by atoms with van der Waals surface area (Å²) in [6.45, 7) is 3.39. The Morgan fingerprint density at radius 2 is 1.83 bits per heavy atom. The molecule has 1 saturated carbocycles. The van der Waals surface area contributed by atoms with Crippen LogP contribution in [-0.4, -0.2) is 50.8 Å². The predicted octanol–water partition coefficient (Wildman–Crippen LogP) is -1.33. The van der Waals surface area contributed by atoms with Gasteiger partial charge in [0.25, 0.3) is 5.91 Å². The van der Waals surface area contributed by atoms with Crippen LogP contribution >= 0.6 is 0 Å². The average molecular weight is 256 g/mol. The maximum atomic E-state index is 11.7. The predicted molar refractivity (Wildman–Crippen MR) is 65.3 cm³/mol. The number of morpholine rings is 1. The van der Waals surface area contributed by atoms with Gasteiger partial charge in [0.1, 0.15) is 13.1 Å². The molecule has 1 aliphatic heterocycles. The van der Waals surface area contributed by atoms with Crippen LogP contribution in [0.3, 0.4) is 0 Å². The van der Waals surface area contributed by atoms with Crippen LogP contribution in [-0.2, 0) is 9.53 Å². The molecule has 3 N–H and O–H groups in total. The Balaban J connectivity index is 1.64. The smallest absolute Gasteiger partial charge is 0.321 e. The number of nitrogens with one attached hydrogen (secondary N) is 3. The zero-order valence-corrected chi connectivity index (χ0v) is 10.7. The average Bonchev–Trinajstić information content (AvgIpc) is 2.82. The molecule has 0 atom stereocenters. The summed E-state index contributed by atoms with van der Waals surface area (Å²) in [5, 5.41) is 5.25. The number of carbonyl (C=O) groups excluding carboxylic acids is 2. The van der Waals surface area contributed by atoms with E-state index in [2.05, 4.69) is 10.6 Å². The fourth-order valence-corrected chi connectivity index (χ4v) is 2.53. The number of rotatable bonds is 3. The quantitative estimate of drug-likeness (QED) is 0.586. The molecule has 1 heterocycles. The van der Waals surface area contributed by atoms with E-state index in [-0.39, 0.29) is 18.0 Å². The van der Waals surface area contributed by atoms with Crippen molar-refractivity contribution in [3.63, 3.8) is 0 Å². The van der Waals surface area contributed by atoms with Crippen LogP contribution in [0, 0.1) is 0 Å². The molecule has 6 heteroatoms. The first-order valence-electron chi connectivity index (χ1n) is 6.75. The van der Waals surface area contributed by atoms with Crippen molar-refractivity contribution < 1.29 is 19.2 Å². The SMILES string of the molecule is O=C(C[NH+]1CCOCC1)NC(=O)NC1CCCC1. The van der Waals surface area contributed by atoms with Gasteiger partial charge in [0.05, 0.1) is 13.2 Å². The molecule has 0 bridgehead atoms. The van der Waals surface area contributed by atoms with E-state index < -0.39 is 0 Å².